The molecule has 1 saturated carbocycles. The van der Waals surface area contributed by atoms with Crippen LogP contribution in [0, 0.1) is 0 Å². The molecule has 0 atom stereocenters. The van der Waals surface area contributed by atoms with Gasteiger partial charge in [0.05, 0.1) is 5.60 Å². The molecular formula is C12H22N4O. The highest BCUT2D eigenvalue weighted by molar-refractivity contribution is 4.97. The van der Waals surface area contributed by atoms with E-state index in [0.29, 0.717) is 12.5 Å². The zero-order valence-corrected chi connectivity index (χ0v) is 10.7. The van der Waals surface area contributed by atoms with Crippen molar-refractivity contribution in [3.8, 4) is 0 Å². The zero-order valence-electron chi connectivity index (χ0n) is 10.7. The Kier molecular flexibility index (Phi) is 3.79. The molecule has 0 aromatic carbocycles. The number of aliphatic hydroxyl groups is 1. The van der Waals surface area contributed by atoms with E-state index >= 15 is 0 Å². The summed E-state index contributed by atoms with van der Waals surface area (Å²) in [5.41, 5.74) is -0.591. The van der Waals surface area contributed by atoms with Crippen molar-refractivity contribution in [3.05, 3.63) is 12.2 Å². The molecule has 1 aliphatic carbocycles. The summed E-state index contributed by atoms with van der Waals surface area (Å²) in [4.78, 5) is 4.19. The second-order valence-corrected chi connectivity index (χ2v) is 5.03. The van der Waals surface area contributed by atoms with Gasteiger partial charge in [0.15, 0.2) is 0 Å². The van der Waals surface area contributed by atoms with Gasteiger partial charge in [0, 0.05) is 19.5 Å². The van der Waals surface area contributed by atoms with Crippen molar-refractivity contribution < 1.29 is 5.11 Å². The summed E-state index contributed by atoms with van der Waals surface area (Å²) in [6, 6.07) is 0.569. The fourth-order valence-corrected chi connectivity index (χ4v) is 2.60. The lowest BCUT2D eigenvalue weighted by molar-refractivity contribution is -0.00524. The fourth-order valence-electron chi connectivity index (χ4n) is 2.60. The van der Waals surface area contributed by atoms with Crippen molar-refractivity contribution in [2.24, 2.45) is 7.05 Å². The van der Waals surface area contributed by atoms with E-state index in [9.17, 15) is 5.11 Å². The molecule has 17 heavy (non-hydrogen) atoms. The number of nitrogens with zero attached hydrogens (tertiary/aromatic N) is 3. The lowest BCUT2D eigenvalue weighted by Crippen LogP contribution is -2.43. The molecule has 0 radical (unpaired) electrons. The predicted molar refractivity (Wildman–Crippen MR) is 65.6 cm³/mol. The maximum absolute atomic E-state index is 10.5. The molecule has 96 valence electrons. The monoisotopic (exact) mass is 238 g/mol. The molecule has 5 heteroatoms. The van der Waals surface area contributed by atoms with Gasteiger partial charge < -0.3 is 10.4 Å². The van der Waals surface area contributed by atoms with Crippen molar-refractivity contribution in [1.82, 2.24) is 20.1 Å². The van der Waals surface area contributed by atoms with Gasteiger partial charge in [-0.25, -0.2) is 4.98 Å². The lowest BCUT2D eigenvalue weighted by Gasteiger charge is -2.36. The largest absolute Gasteiger partial charge is 0.389 e. The average molecular weight is 238 g/mol. The second-order valence-electron chi connectivity index (χ2n) is 5.03. The summed E-state index contributed by atoms with van der Waals surface area (Å²) in [6.07, 6.45) is 5.94. The molecule has 5 nitrogen and oxygen atoms in total. The van der Waals surface area contributed by atoms with Crippen LogP contribution >= 0.6 is 0 Å². The van der Waals surface area contributed by atoms with Crippen LogP contribution in [-0.4, -0.2) is 38.1 Å². The minimum absolute atomic E-state index is 0.569. The normalized spacial score (nSPS) is 29.5. The zero-order chi connectivity index (χ0) is 12.3. The first kappa shape index (κ1) is 12.5. The smallest absolute Gasteiger partial charge is 0.138 e. The number of rotatable bonds is 4. The molecule has 0 amide bonds. The maximum atomic E-state index is 10.5. The van der Waals surface area contributed by atoms with Crippen molar-refractivity contribution in [2.75, 3.05) is 6.54 Å². The summed E-state index contributed by atoms with van der Waals surface area (Å²) in [5, 5.41) is 18.0. The van der Waals surface area contributed by atoms with Crippen LogP contribution in [0.4, 0.5) is 0 Å². The fraction of sp³-hybridized carbons (Fsp3) is 0.833. The molecule has 0 bridgehead atoms. The third-order valence-electron chi connectivity index (χ3n) is 3.70. The van der Waals surface area contributed by atoms with Crippen LogP contribution < -0.4 is 5.32 Å². The van der Waals surface area contributed by atoms with Gasteiger partial charge in [0.2, 0.25) is 0 Å². The Balaban J connectivity index is 1.91. The lowest BCUT2D eigenvalue weighted by atomic mass is 9.80. The number of hydrogen-bond donors (Lipinski definition) is 2. The molecule has 0 saturated heterocycles. The maximum Gasteiger partial charge on any atom is 0.138 e. The summed E-state index contributed by atoms with van der Waals surface area (Å²) >= 11 is 0. The molecule has 1 aromatic heterocycles. The summed E-state index contributed by atoms with van der Waals surface area (Å²) in [6.45, 7) is 3.13. The van der Waals surface area contributed by atoms with Crippen LogP contribution in [0.2, 0.25) is 0 Å². The van der Waals surface area contributed by atoms with E-state index in [2.05, 4.69) is 22.3 Å². The topological polar surface area (TPSA) is 63.0 Å². The van der Waals surface area contributed by atoms with Gasteiger partial charge in [-0.3, -0.25) is 4.68 Å². The van der Waals surface area contributed by atoms with E-state index in [4.69, 9.17) is 0 Å². The third kappa shape index (κ3) is 3.04. The van der Waals surface area contributed by atoms with E-state index in [1.54, 1.807) is 11.0 Å². The first-order valence-corrected chi connectivity index (χ1v) is 6.41. The Morgan fingerprint density at radius 1 is 1.53 bits per heavy atom. The van der Waals surface area contributed by atoms with Crippen LogP contribution in [0.15, 0.2) is 6.33 Å². The quantitative estimate of drug-likeness (QED) is 0.808. The van der Waals surface area contributed by atoms with Crippen molar-refractivity contribution in [2.45, 2.75) is 50.7 Å². The van der Waals surface area contributed by atoms with Gasteiger partial charge in [0.1, 0.15) is 12.2 Å². The van der Waals surface area contributed by atoms with Gasteiger partial charge in [0.25, 0.3) is 0 Å². The SMILES string of the molecule is CCNC1CCC(O)(Cc2ncnn2C)CC1. The van der Waals surface area contributed by atoms with Crippen molar-refractivity contribution in [1.29, 1.82) is 0 Å². The van der Waals surface area contributed by atoms with E-state index in [1.807, 2.05) is 7.05 Å². The van der Waals surface area contributed by atoms with Gasteiger partial charge in [-0.2, -0.15) is 5.10 Å². The predicted octanol–water partition coefficient (Wildman–Crippen LogP) is 0.641. The molecule has 2 N–H and O–H groups in total. The van der Waals surface area contributed by atoms with Crippen LogP contribution in [0.3, 0.4) is 0 Å². The molecule has 0 aliphatic heterocycles. The molecule has 0 unspecified atom stereocenters. The Morgan fingerprint density at radius 2 is 2.24 bits per heavy atom. The molecule has 1 heterocycles. The summed E-state index contributed by atoms with van der Waals surface area (Å²) in [7, 11) is 1.87. The molecule has 2 rings (SSSR count). The van der Waals surface area contributed by atoms with Crippen LogP contribution in [0.1, 0.15) is 38.4 Å². The number of nitrogens with one attached hydrogen (secondary N) is 1. The standard InChI is InChI=1S/C12H22N4O/c1-3-13-10-4-6-12(17,7-5-10)8-11-14-9-15-16(11)2/h9-10,13,17H,3-8H2,1-2H3. The molecular weight excluding hydrogens is 216 g/mol. The minimum Gasteiger partial charge on any atom is -0.389 e. The van der Waals surface area contributed by atoms with Gasteiger partial charge in [-0.1, -0.05) is 6.92 Å². The van der Waals surface area contributed by atoms with E-state index in [-0.39, 0.29) is 0 Å². The Morgan fingerprint density at radius 3 is 2.76 bits per heavy atom. The highest BCUT2D eigenvalue weighted by Crippen LogP contribution is 2.30. The second kappa shape index (κ2) is 5.14. The van der Waals surface area contributed by atoms with E-state index < -0.39 is 5.60 Å². The number of hydrogen-bond acceptors (Lipinski definition) is 4. The Hall–Kier alpha value is -0.940. The first-order valence-electron chi connectivity index (χ1n) is 6.41. The van der Waals surface area contributed by atoms with Crippen molar-refractivity contribution >= 4 is 0 Å². The van der Waals surface area contributed by atoms with E-state index in [0.717, 1.165) is 38.1 Å². The third-order valence-corrected chi connectivity index (χ3v) is 3.70. The van der Waals surface area contributed by atoms with Gasteiger partial charge in [-0.15, -0.1) is 0 Å². The number of aryl methyl sites for hydroxylation is 1. The van der Waals surface area contributed by atoms with E-state index in [1.165, 1.54) is 0 Å². The van der Waals surface area contributed by atoms with Gasteiger partial charge in [-0.05, 0) is 32.2 Å². The minimum atomic E-state index is -0.591. The average Bonchev–Trinajstić information content (AvgIpc) is 2.68. The molecule has 1 aromatic rings. The van der Waals surface area contributed by atoms with Crippen LogP contribution in [0.25, 0.3) is 0 Å². The first-order chi connectivity index (χ1) is 8.13. The molecule has 0 spiro atoms. The molecule has 1 fully saturated rings. The Labute approximate surface area is 102 Å². The summed E-state index contributed by atoms with van der Waals surface area (Å²) in [5.74, 6) is 0.870. The van der Waals surface area contributed by atoms with Gasteiger partial charge >= 0.3 is 0 Å². The highest BCUT2D eigenvalue weighted by Gasteiger charge is 2.34. The Bertz CT molecular complexity index is 355. The van der Waals surface area contributed by atoms with Crippen molar-refractivity contribution in [3.63, 3.8) is 0 Å². The number of aromatic nitrogens is 3. The highest BCUT2D eigenvalue weighted by atomic mass is 16.3. The summed E-state index contributed by atoms with van der Waals surface area (Å²) < 4.78 is 1.74. The van der Waals surface area contributed by atoms with Crippen LogP contribution in [0.5, 0.6) is 0 Å². The van der Waals surface area contributed by atoms with Crippen LogP contribution in [-0.2, 0) is 13.5 Å². The molecule has 1 aliphatic rings.